The summed E-state index contributed by atoms with van der Waals surface area (Å²) in [5.41, 5.74) is 0.940. The maximum atomic E-state index is 10.9. The highest BCUT2D eigenvalue weighted by Crippen LogP contribution is 2.18. The molecule has 0 spiro atoms. The van der Waals surface area contributed by atoms with Crippen LogP contribution in [0.4, 0.5) is 5.69 Å². The number of carboxylic acid groups (broad SMARTS) is 1. The van der Waals surface area contributed by atoms with E-state index in [1.807, 2.05) is 19.9 Å². The first kappa shape index (κ1) is 16.7. The highest BCUT2D eigenvalue weighted by atomic mass is 16.6. The summed E-state index contributed by atoms with van der Waals surface area (Å²) in [5.74, 6) is -0.629. The molecule has 1 N–H and O–H groups in total. The van der Waals surface area contributed by atoms with Gasteiger partial charge < -0.3 is 9.84 Å². The van der Waals surface area contributed by atoms with Gasteiger partial charge in [-0.3, -0.25) is 14.9 Å². The van der Waals surface area contributed by atoms with Gasteiger partial charge in [-0.15, -0.1) is 0 Å². The number of allylic oxidation sites excluding steroid dienone is 1. The molecule has 0 bridgehead atoms. The van der Waals surface area contributed by atoms with Gasteiger partial charge in [0, 0.05) is 12.1 Å². The lowest BCUT2D eigenvalue weighted by molar-refractivity contribution is -0.384. The van der Waals surface area contributed by atoms with Crippen molar-refractivity contribution in [3.8, 4) is 5.75 Å². The van der Waals surface area contributed by atoms with Crippen molar-refractivity contribution in [1.82, 2.24) is 0 Å². The molecular formula is C15H19NO5. The van der Waals surface area contributed by atoms with Crippen molar-refractivity contribution in [3.05, 3.63) is 46.0 Å². The van der Waals surface area contributed by atoms with Crippen molar-refractivity contribution in [2.45, 2.75) is 26.7 Å². The minimum absolute atomic E-state index is 0.0156. The lowest BCUT2D eigenvalue weighted by Crippen LogP contribution is -2.11. The lowest BCUT2D eigenvalue weighted by atomic mass is 10.0. The predicted molar refractivity (Wildman–Crippen MR) is 78.4 cm³/mol. The summed E-state index contributed by atoms with van der Waals surface area (Å²) in [5, 5.41) is 19.5. The first-order valence-electron chi connectivity index (χ1n) is 6.69. The summed E-state index contributed by atoms with van der Waals surface area (Å²) in [6.07, 6.45) is 2.91. The summed E-state index contributed by atoms with van der Waals surface area (Å²) < 4.78 is 5.49. The number of aliphatic carboxylic acids is 1. The molecule has 0 radical (unpaired) electrons. The summed E-state index contributed by atoms with van der Waals surface area (Å²) in [4.78, 5) is 20.9. The fourth-order valence-electron chi connectivity index (χ4n) is 1.71. The van der Waals surface area contributed by atoms with Gasteiger partial charge in [-0.25, -0.2) is 0 Å². The van der Waals surface area contributed by atoms with Crippen molar-refractivity contribution >= 4 is 11.7 Å². The molecule has 0 aliphatic rings. The number of nitro groups is 1. The predicted octanol–water partition coefficient (Wildman–Crippen LogP) is 3.42. The SMILES string of the molecule is CCC(C/C=C(\C)COc1ccc([N+](=O)[O-])cc1)C(=O)O. The number of hydrogen-bond donors (Lipinski definition) is 1. The summed E-state index contributed by atoms with van der Waals surface area (Å²) in [7, 11) is 0. The molecule has 0 heterocycles. The number of non-ortho nitro benzene ring substituents is 1. The van der Waals surface area contributed by atoms with Crippen LogP contribution in [-0.4, -0.2) is 22.6 Å². The molecule has 0 aliphatic heterocycles. The van der Waals surface area contributed by atoms with E-state index in [1.165, 1.54) is 24.3 Å². The Labute approximate surface area is 123 Å². The molecule has 114 valence electrons. The monoisotopic (exact) mass is 293 g/mol. The van der Waals surface area contributed by atoms with E-state index in [-0.39, 0.29) is 11.6 Å². The zero-order valence-corrected chi connectivity index (χ0v) is 12.1. The second kappa shape index (κ2) is 8.04. The average Bonchev–Trinajstić information content (AvgIpc) is 2.45. The van der Waals surface area contributed by atoms with Crippen LogP contribution in [0.3, 0.4) is 0 Å². The minimum atomic E-state index is -0.794. The second-order valence-electron chi connectivity index (χ2n) is 4.77. The lowest BCUT2D eigenvalue weighted by Gasteiger charge is -2.09. The van der Waals surface area contributed by atoms with Crippen LogP contribution in [0.15, 0.2) is 35.9 Å². The van der Waals surface area contributed by atoms with E-state index in [0.29, 0.717) is 25.2 Å². The van der Waals surface area contributed by atoms with Gasteiger partial charge in [0.1, 0.15) is 12.4 Å². The van der Waals surface area contributed by atoms with Gasteiger partial charge in [-0.2, -0.15) is 0 Å². The van der Waals surface area contributed by atoms with Gasteiger partial charge in [0.2, 0.25) is 0 Å². The van der Waals surface area contributed by atoms with E-state index in [2.05, 4.69) is 0 Å². The van der Waals surface area contributed by atoms with E-state index < -0.39 is 10.9 Å². The number of hydrogen-bond acceptors (Lipinski definition) is 4. The van der Waals surface area contributed by atoms with Crippen LogP contribution in [0.2, 0.25) is 0 Å². The van der Waals surface area contributed by atoms with E-state index in [0.717, 1.165) is 5.57 Å². The molecule has 0 saturated carbocycles. The second-order valence-corrected chi connectivity index (χ2v) is 4.77. The quantitative estimate of drug-likeness (QED) is 0.450. The normalized spacial score (nSPS) is 12.8. The van der Waals surface area contributed by atoms with Crippen LogP contribution >= 0.6 is 0 Å². The van der Waals surface area contributed by atoms with Gasteiger partial charge in [-0.05, 0) is 37.5 Å². The molecule has 6 heteroatoms. The number of rotatable bonds is 8. The van der Waals surface area contributed by atoms with Crippen molar-refractivity contribution in [3.63, 3.8) is 0 Å². The van der Waals surface area contributed by atoms with E-state index >= 15 is 0 Å². The van der Waals surface area contributed by atoms with E-state index in [4.69, 9.17) is 9.84 Å². The molecule has 0 aromatic heterocycles. The van der Waals surface area contributed by atoms with E-state index in [1.54, 1.807) is 0 Å². The Balaban J connectivity index is 2.50. The Morgan fingerprint density at radius 2 is 2.05 bits per heavy atom. The summed E-state index contributed by atoms with van der Waals surface area (Å²) >= 11 is 0. The number of carboxylic acids is 1. The highest BCUT2D eigenvalue weighted by molar-refractivity contribution is 5.70. The van der Waals surface area contributed by atoms with Crippen LogP contribution in [0, 0.1) is 16.0 Å². The van der Waals surface area contributed by atoms with Crippen LogP contribution < -0.4 is 4.74 Å². The van der Waals surface area contributed by atoms with Gasteiger partial charge in [0.15, 0.2) is 0 Å². The molecular weight excluding hydrogens is 274 g/mol. The molecule has 0 aliphatic carbocycles. The Bertz CT molecular complexity index is 521. The number of ether oxygens (including phenoxy) is 1. The Morgan fingerprint density at radius 1 is 1.43 bits per heavy atom. The largest absolute Gasteiger partial charge is 0.489 e. The zero-order valence-electron chi connectivity index (χ0n) is 12.1. The standard InChI is InChI=1S/C15H19NO5/c1-3-12(15(17)18)5-4-11(2)10-21-14-8-6-13(7-9-14)16(19)20/h4,6-9,12H,3,5,10H2,1-2H3,(H,17,18)/b11-4+. The topological polar surface area (TPSA) is 89.7 Å². The molecule has 1 aromatic carbocycles. The molecule has 1 rings (SSSR count). The van der Waals surface area contributed by atoms with Gasteiger partial charge in [0.25, 0.3) is 5.69 Å². The fraction of sp³-hybridized carbons (Fsp3) is 0.400. The average molecular weight is 293 g/mol. The van der Waals surface area contributed by atoms with Crippen molar-refractivity contribution in [2.24, 2.45) is 5.92 Å². The molecule has 1 unspecified atom stereocenters. The van der Waals surface area contributed by atoms with Crippen LogP contribution in [-0.2, 0) is 4.79 Å². The Kier molecular flexibility index (Phi) is 6.39. The zero-order chi connectivity index (χ0) is 15.8. The molecule has 0 amide bonds. The van der Waals surface area contributed by atoms with Crippen molar-refractivity contribution in [2.75, 3.05) is 6.61 Å². The molecule has 0 fully saturated rings. The molecule has 6 nitrogen and oxygen atoms in total. The van der Waals surface area contributed by atoms with Crippen LogP contribution in [0.25, 0.3) is 0 Å². The number of carbonyl (C=O) groups is 1. The highest BCUT2D eigenvalue weighted by Gasteiger charge is 2.13. The van der Waals surface area contributed by atoms with Crippen LogP contribution in [0.1, 0.15) is 26.7 Å². The number of nitrogens with zero attached hydrogens (tertiary/aromatic N) is 1. The van der Waals surface area contributed by atoms with Gasteiger partial charge in [0.05, 0.1) is 10.8 Å². The fourth-order valence-corrected chi connectivity index (χ4v) is 1.71. The molecule has 21 heavy (non-hydrogen) atoms. The van der Waals surface area contributed by atoms with Crippen molar-refractivity contribution < 1.29 is 19.6 Å². The summed E-state index contributed by atoms with van der Waals surface area (Å²) in [6.45, 7) is 4.03. The smallest absolute Gasteiger partial charge is 0.306 e. The Morgan fingerprint density at radius 3 is 2.52 bits per heavy atom. The van der Waals surface area contributed by atoms with Gasteiger partial charge >= 0.3 is 5.97 Å². The molecule has 1 atom stereocenters. The minimum Gasteiger partial charge on any atom is -0.489 e. The summed E-state index contributed by atoms with van der Waals surface area (Å²) in [6, 6.07) is 5.84. The first-order valence-corrected chi connectivity index (χ1v) is 6.69. The number of benzene rings is 1. The van der Waals surface area contributed by atoms with Crippen molar-refractivity contribution in [1.29, 1.82) is 0 Å². The maximum Gasteiger partial charge on any atom is 0.306 e. The van der Waals surface area contributed by atoms with Gasteiger partial charge in [-0.1, -0.05) is 13.0 Å². The molecule has 0 saturated heterocycles. The molecule has 1 aromatic rings. The maximum absolute atomic E-state index is 10.9. The third kappa shape index (κ3) is 5.64. The third-order valence-corrected chi connectivity index (χ3v) is 3.11. The first-order chi connectivity index (χ1) is 9.93. The van der Waals surface area contributed by atoms with E-state index in [9.17, 15) is 14.9 Å². The number of nitro benzene ring substituents is 1. The Hall–Kier alpha value is -2.37. The third-order valence-electron chi connectivity index (χ3n) is 3.11. The van der Waals surface area contributed by atoms with Crippen LogP contribution in [0.5, 0.6) is 5.75 Å².